The maximum Gasteiger partial charge on any atom is 0.325 e. The molecular weight excluding hydrogens is 206 g/mol. The third-order valence-corrected chi connectivity index (χ3v) is 2.51. The lowest BCUT2D eigenvalue weighted by Gasteiger charge is -2.23. The van der Waals surface area contributed by atoms with Gasteiger partial charge in [-0.2, -0.15) is 0 Å². The molecule has 96 valence electrons. The molecule has 0 aromatic heterocycles. The van der Waals surface area contributed by atoms with Crippen LogP contribution in [0.3, 0.4) is 0 Å². The highest BCUT2D eigenvalue weighted by molar-refractivity contribution is 5.75. The molecule has 4 heteroatoms. The highest BCUT2D eigenvalue weighted by Gasteiger charge is 2.22. The second kappa shape index (κ2) is 8.53. The minimum absolute atomic E-state index is 0.244. The molecule has 0 aliphatic rings. The van der Waals surface area contributed by atoms with Crippen LogP contribution >= 0.6 is 0 Å². The Morgan fingerprint density at radius 2 is 1.94 bits per heavy atom. The molecule has 0 aliphatic heterocycles. The van der Waals surface area contributed by atoms with Crippen LogP contribution in [0.4, 0.5) is 0 Å². The van der Waals surface area contributed by atoms with Gasteiger partial charge in [0.25, 0.3) is 0 Å². The number of ether oxygens (including phenoxy) is 1. The van der Waals surface area contributed by atoms with Gasteiger partial charge in [-0.3, -0.25) is 9.69 Å². The molecule has 0 saturated heterocycles. The van der Waals surface area contributed by atoms with Crippen molar-refractivity contribution in [2.75, 3.05) is 14.1 Å². The maximum atomic E-state index is 11.6. The van der Waals surface area contributed by atoms with Crippen LogP contribution < -0.4 is 0 Å². The van der Waals surface area contributed by atoms with E-state index in [0.717, 1.165) is 19.3 Å². The SMILES string of the molecule is CCCCCCC(C(=O)OC(C)O)N(C)C. The normalized spacial score (nSPS) is 14.9. The Morgan fingerprint density at radius 1 is 1.31 bits per heavy atom. The molecule has 16 heavy (non-hydrogen) atoms. The van der Waals surface area contributed by atoms with Gasteiger partial charge in [-0.1, -0.05) is 32.6 Å². The van der Waals surface area contributed by atoms with Crippen molar-refractivity contribution in [3.8, 4) is 0 Å². The second-order valence-corrected chi connectivity index (χ2v) is 4.36. The molecule has 1 N–H and O–H groups in total. The summed E-state index contributed by atoms with van der Waals surface area (Å²) in [6.07, 6.45) is 4.31. The fraction of sp³-hybridized carbons (Fsp3) is 0.917. The molecule has 2 unspecified atom stereocenters. The van der Waals surface area contributed by atoms with Crippen LogP contribution in [-0.4, -0.2) is 42.4 Å². The van der Waals surface area contributed by atoms with Crippen molar-refractivity contribution >= 4 is 5.97 Å². The van der Waals surface area contributed by atoms with Crippen LogP contribution in [-0.2, 0) is 9.53 Å². The molecule has 0 aromatic carbocycles. The van der Waals surface area contributed by atoms with E-state index in [2.05, 4.69) is 6.92 Å². The zero-order valence-corrected chi connectivity index (χ0v) is 10.9. The van der Waals surface area contributed by atoms with Gasteiger partial charge >= 0.3 is 5.97 Å². The van der Waals surface area contributed by atoms with E-state index in [1.54, 1.807) is 0 Å². The van der Waals surface area contributed by atoms with E-state index in [-0.39, 0.29) is 12.0 Å². The lowest BCUT2D eigenvalue weighted by atomic mass is 10.1. The molecule has 0 spiro atoms. The van der Waals surface area contributed by atoms with Gasteiger partial charge in [0.15, 0.2) is 6.29 Å². The number of carbonyl (C=O) groups excluding carboxylic acids is 1. The lowest BCUT2D eigenvalue weighted by Crippen LogP contribution is -2.38. The number of carbonyl (C=O) groups is 1. The highest BCUT2D eigenvalue weighted by atomic mass is 16.6. The summed E-state index contributed by atoms with van der Waals surface area (Å²) < 4.78 is 4.81. The standard InChI is InChI=1S/C12H25NO3/c1-5-6-7-8-9-11(13(3)4)12(15)16-10(2)14/h10-11,14H,5-9H2,1-4H3. The molecule has 0 radical (unpaired) electrons. The number of unbranched alkanes of at least 4 members (excludes halogenated alkanes) is 3. The Labute approximate surface area is 98.6 Å². The van der Waals surface area contributed by atoms with Crippen LogP contribution in [0.5, 0.6) is 0 Å². The van der Waals surface area contributed by atoms with Crippen LogP contribution in [0, 0.1) is 0 Å². The van der Waals surface area contributed by atoms with Crippen molar-refractivity contribution in [1.82, 2.24) is 4.90 Å². The van der Waals surface area contributed by atoms with Crippen LogP contribution in [0.15, 0.2) is 0 Å². The number of nitrogens with zero attached hydrogens (tertiary/aromatic N) is 1. The van der Waals surface area contributed by atoms with E-state index in [9.17, 15) is 4.79 Å². The molecule has 0 amide bonds. The molecule has 0 rings (SSSR count). The molecule has 0 saturated carbocycles. The molecule has 0 aromatic rings. The molecule has 0 aliphatic carbocycles. The van der Waals surface area contributed by atoms with Gasteiger partial charge in [-0.05, 0) is 27.4 Å². The summed E-state index contributed by atoms with van der Waals surface area (Å²) in [5, 5.41) is 9.00. The average molecular weight is 231 g/mol. The summed E-state index contributed by atoms with van der Waals surface area (Å²) in [6.45, 7) is 3.60. The van der Waals surface area contributed by atoms with Crippen molar-refractivity contribution < 1.29 is 14.6 Å². The third kappa shape index (κ3) is 6.80. The Hall–Kier alpha value is -0.610. The van der Waals surface area contributed by atoms with Gasteiger partial charge < -0.3 is 9.84 Å². The number of hydrogen-bond donors (Lipinski definition) is 1. The van der Waals surface area contributed by atoms with Gasteiger partial charge in [-0.25, -0.2) is 0 Å². The first-order chi connectivity index (χ1) is 7.49. The summed E-state index contributed by atoms with van der Waals surface area (Å²) >= 11 is 0. The fourth-order valence-electron chi connectivity index (χ4n) is 1.60. The zero-order valence-electron chi connectivity index (χ0n) is 10.9. The Kier molecular flexibility index (Phi) is 8.21. The van der Waals surface area contributed by atoms with Crippen LogP contribution in [0.2, 0.25) is 0 Å². The van der Waals surface area contributed by atoms with Gasteiger partial charge in [0, 0.05) is 0 Å². The molecule has 0 heterocycles. The summed E-state index contributed by atoms with van der Waals surface area (Å²) in [4.78, 5) is 13.5. The van der Waals surface area contributed by atoms with Crippen molar-refractivity contribution in [1.29, 1.82) is 0 Å². The van der Waals surface area contributed by atoms with E-state index < -0.39 is 6.29 Å². The molecule has 0 bridgehead atoms. The van der Waals surface area contributed by atoms with E-state index in [0.29, 0.717) is 0 Å². The zero-order chi connectivity index (χ0) is 12.6. The van der Waals surface area contributed by atoms with Crippen molar-refractivity contribution in [3.05, 3.63) is 0 Å². The highest BCUT2D eigenvalue weighted by Crippen LogP contribution is 2.11. The fourth-order valence-corrected chi connectivity index (χ4v) is 1.60. The molecule has 2 atom stereocenters. The van der Waals surface area contributed by atoms with Gasteiger partial charge in [-0.15, -0.1) is 0 Å². The predicted molar refractivity (Wildman–Crippen MR) is 64.0 cm³/mol. The Morgan fingerprint density at radius 3 is 2.38 bits per heavy atom. The average Bonchev–Trinajstić information content (AvgIpc) is 2.15. The number of rotatable bonds is 8. The summed E-state index contributed by atoms with van der Waals surface area (Å²) in [5.74, 6) is -0.337. The quantitative estimate of drug-likeness (QED) is 0.393. The third-order valence-electron chi connectivity index (χ3n) is 2.51. The number of likely N-dealkylation sites (N-methyl/N-ethyl adjacent to an activating group) is 1. The topological polar surface area (TPSA) is 49.8 Å². The Balaban J connectivity index is 4.01. The predicted octanol–water partition coefficient (Wildman–Crippen LogP) is 1.77. The lowest BCUT2D eigenvalue weighted by molar-refractivity contribution is -0.170. The summed E-state index contributed by atoms with van der Waals surface area (Å²) in [6, 6.07) is -0.244. The van der Waals surface area contributed by atoms with E-state index >= 15 is 0 Å². The van der Waals surface area contributed by atoms with Crippen molar-refractivity contribution in [3.63, 3.8) is 0 Å². The minimum Gasteiger partial charge on any atom is -0.435 e. The number of aliphatic hydroxyl groups is 1. The molecular formula is C12H25NO3. The van der Waals surface area contributed by atoms with Gasteiger partial charge in [0.1, 0.15) is 6.04 Å². The van der Waals surface area contributed by atoms with E-state index in [1.807, 2.05) is 19.0 Å². The summed E-state index contributed by atoms with van der Waals surface area (Å²) in [5.41, 5.74) is 0. The smallest absolute Gasteiger partial charge is 0.325 e. The largest absolute Gasteiger partial charge is 0.435 e. The van der Waals surface area contributed by atoms with E-state index in [1.165, 1.54) is 19.8 Å². The second-order valence-electron chi connectivity index (χ2n) is 4.36. The monoisotopic (exact) mass is 231 g/mol. The first kappa shape index (κ1) is 15.4. The van der Waals surface area contributed by atoms with Crippen LogP contribution in [0.25, 0.3) is 0 Å². The number of aliphatic hydroxyl groups excluding tert-OH is 1. The molecule has 4 nitrogen and oxygen atoms in total. The Bertz CT molecular complexity index is 193. The van der Waals surface area contributed by atoms with Gasteiger partial charge in [0.2, 0.25) is 0 Å². The summed E-state index contributed by atoms with van der Waals surface area (Å²) in [7, 11) is 3.71. The molecule has 0 fully saturated rings. The number of hydrogen-bond acceptors (Lipinski definition) is 4. The maximum absolute atomic E-state index is 11.6. The number of esters is 1. The van der Waals surface area contributed by atoms with E-state index in [4.69, 9.17) is 9.84 Å². The first-order valence-corrected chi connectivity index (χ1v) is 6.04. The minimum atomic E-state index is -1.02. The van der Waals surface area contributed by atoms with Crippen molar-refractivity contribution in [2.24, 2.45) is 0 Å². The van der Waals surface area contributed by atoms with Gasteiger partial charge in [0.05, 0.1) is 0 Å². The van der Waals surface area contributed by atoms with Crippen LogP contribution in [0.1, 0.15) is 46.0 Å². The van der Waals surface area contributed by atoms with Crippen molar-refractivity contribution in [2.45, 2.75) is 58.3 Å². The first-order valence-electron chi connectivity index (χ1n) is 6.04.